The minimum atomic E-state index is -0.774. The zero-order valence-electron chi connectivity index (χ0n) is 23.9. The van der Waals surface area contributed by atoms with Crippen LogP contribution in [0.15, 0.2) is 30.3 Å². The van der Waals surface area contributed by atoms with Crippen LogP contribution in [0, 0.1) is 25.2 Å². The Hall–Kier alpha value is -3.42. The molecular weight excluding hydrogens is 490 g/mol. The van der Waals surface area contributed by atoms with E-state index in [0.717, 1.165) is 30.0 Å². The molecule has 0 radical (unpaired) electrons. The summed E-state index contributed by atoms with van der Waals surface area (Å²) in [6.45, 7) is 10.0. The Kier molecular flexibility index (Phi) is 7.40. The predicted octanol–water partition coefficient (Wildman–Crippen LogP) is 6.12. The highest BCUT2D eigenvalue weighted by Crippen LogP contribution is 2.43. The molecular formula is C31H41N5O3. The summed E-state index contributed by atoms with van der Waals surface area (Å²) >= 11 is 0. The summed E-state index contributed by atoms with van der Waals surface area (Å²) in [5, 5.41) is 13.9. The number of anilines is 2. The Labute approximate surface area is 231 Å². The number of carbonyl (C=O) groups excluding carboxylic acids is 1. The van der Waals surface area contributed by atoms with Gasteiger partial charge in [0.1, 0.15) is 5.82 Å². The van der Waals surface area contributed by atoms with E-state index in [0.29, 0.717) is 48.6 Å². The minimum Gasteiger partial charge on any atom is -0.481 e. The van der Waals surface area contributed by atoms with Gasteiger partial charge in [-0.2, -0.15) is 9.61 Å². The molecule has 39 heavy (non-hydrogen) atoms. The third-order valence-electron chi connectivity index (χ3n) is 8.89. The average molecular weight is 532 g/mol. The molecule has 0 atom stereocenters. The molecule has 8 nitrogen and oxygen atoms in total. The molecule has 1 amide bonds. The Morgan fingerprint density at radius 2 is 1.69 bits per heavy atom. The lowest BCUT2D eigenvalue weighted by Gasteiger charge is -2.34. The fraction of sp³-hybridized carbons (Fsp3) is 0.548. The van der Waals surface area contributed by atoms with E-state index < -0.39 is 5.97 Å². The molecule has 2 fully saturated rings. The van der Waals surface area contributed by atoms with Gasteiger partial charge in [-0.1, -0.05) is 32.0 Å². The van der Waals surface area contributed by atoms with E-state index in [9.17, 15) is 9.59 Å². The molecule has 2 aliphatic rings. The lowest BCUT2D eigenvalue weighted by molar-refractivity contribution is -0.138. The molecule has 0 spiro atoms. The summed E-state index contributed by atoms with van der Waals surface area (Å²) in [5.74, 6) is 0.516. The first-order valence-corrected chi connectivity index (χ1v) is 14.2. The largest absolute Gasteiger partial charge is 0.481 e. The third kappa shape index (κ3) is 5.65. The molecule has 3 heterocycles. The highest BCUT2D eigenvalue weighted by atomic mass is 16.4. The smallest absolute Gasteiger partial charge is 0.303 e. The van der Waals surface area contributed by atoms with Crippen molar-refractivity contribution in [3.8, 4) is 0 Å². The first-order chi connectivity index (χ1) is 18.5. The number of rotatable bonds is 6. The van der Waals surface area contributed by atoms with Crippen LogP contribution in [0.2, 0.25) is 0 Å². The number of hydrogen-bond acceptors (Lipinski definition) is 5. The maximum atomic E-state index is 13.5. The number of piperidine rings is 1. The molecule has 3 aromatic rings. The average Bonchev–Trinajstić information content (AvgIpc) is 3.32. The van der Waals surface area contributed by atoms with E-state index in [1.807, 2.05) is 10.6 Å². The number of carboxylic acids is 1. The van der Waals surface area contributed by atoms with E-state index in [2.05, 4.69) is 63.9 Å². The first kappa shape index (κ1) is 27.2. The molecule has 2 aromatic heterocycles. The number of likely N-dealkylation sites (tertiary alicyclic amines) is 1. The Morgan fingerprint density at radius 1 is 1.05 bits per heavy atom. The van der Waals surface area contributed by atoms with Gasteiger partial charge in [0, 0.05) is 56.0 Å². The van der Waals surface area contributed by atoms with Crippen molar-refractivity contribution < 1.29 is 14.7 Å². The Balaban J connectivity index is 1.50. The van der Waals surface area contributed by atoms with Gasteiger partial charge in [-0.15, -0.1) is 0 Å². The van der Waals surface area contributed by atoms with Gasteiger partial charge in [-0.05, 0) is 74.8 Å². The van der Waals surface area contributed by atoms with Crippen molar-refractivity contribution in [2.24, 2.45) is 11.3 Å². The van der Waals surface area contributed by atoms with Crippen LogP contribution < -0.4 is 4.90 Å². The molecule has 1 aromatic carbocycles. The second kappa shape index (κ2) is 10.6. The molecule has 208 valence electrons. The van der Waals surface area contributed by atoms with Gasteiger partial charge >= 0.3 is 5.97 Å². The molecule has 1 aliphatic heterocycles. The van der Waals surface area contributed by atoms with Gasteiger partial charge in [0.2, 0.25) is 0 Å². The number of nitrogens with zero attached hydrogens (tertiary/aromatic N) is 5. The van der Waals surface area contributed by atoms with Crippen molar-refractivity contribution in [1.82, 2.24) is 19.5 Å². The second-order valence-electron chi connectivity index (χ2n) is 12.4. The van der Waals surface area contributed by atoms with Crippen molar-refractivity contribution in [3.63, 3.8) is 0 Å². The molecule has 0 bridgehead atoms. The van der Waals surface area contributed by atoms with E-state index in [4.69, 9.17) is 15.2 Å². The van der Waals surface area contributed by atoms with Gasteiger partial charge in [-0.25, -0.2) is 4.98 Å². The number of fused-ring (bicyclic) bond motifs is 1. The molecule has 1 saturated heterocycles. The molecule has 1 N–H and O–H groups in total. The fourth-order valence-electron chi connectivity index (χ4n) is 6.42. The highest BCUT2D eigenvalue weighted by Gasteiger charge is 2.31. The van der Waals surface area contributed by atoms with Crippen molar-refractivity contribution in [3.05, 3.63) is 52.8 Å². The zero-order valence-corrected chi connectivity index (χ0v) is 23.9. The van der Waals surface area contributed by atoms with Crippen molar-refractivity contribution in [2.75, 3.05) is 25.0 Å². The standard InChI is InChI=1S/C31H41N5O3/c1-20-7-6-8-21(2)29(20)34(5)27-19-24(23-9-13-31(3,4)14-10-23)32-26-18-25(33-36(26)27)30(39)35-15-11-22(12-16-35)17-28(37)38/h6-8,18-19,22-23H,9-17H2,1-5H3,(H,37,38). The van der Waals surface area contributed by atoms with Crippen LogP contribution in [0.4, 0.5) is 11.5 Å². The second-order valence-corrected chi connectivity index (χ2v) is 12.4. The predicted molar refractivity (Wildman–Crippen MR) is 153 cm³/mol. The summed E-state index contributed by atoms with van der Waals surface area (Å²) in [4.78, 5) is 33.7. The maximum Gasteiger partial charge on any atom is 0.303 e. The summed E-state index contributed by atoms with van der Waals surface area (Å²) in [5.41, 5.74) is 6.00. The van der Waals surface area contributed by atoms with Crippen molar-refractivity contribution in [2.45, 2.75) is 78.6 Å². The fourth-order valence-corrected chi connectivity index (χ4v) is 6.42. The van der Waals surface area contributed by atoms with Crippen LogP contribution in [-0.2, 0) is 4.79 Å². The van der Waals surface area contributed by atoms with Crippen LogP contribution in [0.3, 0.4) is 0 Å². The van der Waals surface area contributed by atoms with Crippen LogP contribution in [0.5, 0.6) is 0 Å². The number of para-hydroxylation sites is 1. The van der Waals surface area contributed by atoms with Gasteiger partial charge < -0.3 is 14.9 Å². The summed E-state index contributed by atoms with van der Waals surface area (Å²) < 4.78 is 1.81. The number of amides is 1. The number of carboxylic acid groups (broad SMARTS) is 1. The van der Waals surface area contributed by atoms with Gasteiger partial charge in [-0.3, -0.25) is 9.59 Å². The summed E-state index contributed by atoms with van der Waals surface area (Å²) in [7, 11) is 2.06. The molecule has 1 aliphatic carbocycles. The molecule has 8 heteroatoms. The van der Waals surface area contributed by atoms with Crippen molar-refractivity contribution in [1.29, 1.82) is 0 Å². The minimum absolute atomic E-state index is 0.115. The van der Waals surface area contributed by atoms with Gasteiger partial charge in [0.05, 0.1) is 0 Å². The number of aliphatic carboxylic acids is 1. The number of aromatic nitrogens is 3. The molecule has 0 unspecified atom stereocenters. The van der Waals surface area contributed by atoms with E-state index in [1.54, 1.807) is 4.90 Å². The number of hydrogen-bond donors (Lipinski definition) is 1. The first-order valence-electron chi connectivity index (χ1n) is 14.2. The van der Waals surface area contributed by atoms with Crippen LogP contribution >= 0.6 is 0 Å². The zero-order chi connectivity index (χ0) is 27.9. The van der Waals surface area contributed by atoms with Crippen molar-refractivity contribution >= 4 is 29.0 Å². The lowest BCUT2D eigenvalue weighted by Crippen LogP contribution is -2.39. The highest BCUT2D eigenvalue weighted by molar-refractivity contribution is 5.93. The maximum absolute atomic E-state index is 13.5. The van der Waals surface area contributed by atoms with Crippen LogP contribution in [-0.4, -0.2) is 56.6 Å². The number of carbonyl (C=O) groups is 2. The number of benzene rings is 1. The normalized spacial score (nSPS) is 18.4. The lowest BCUT2D eigenvalue weighted by atomic mass is 9.72. The summed E-state index contributed by atoms with van der Waals surface area (Å²) in [6, 6.07) is 10.3. The molecule has 1 saturated carbocycles. The van der Waals surface area contributed by atoms with Gasteiger partial charge in [0.25, 0.3) is 5.91 Å². The summed E-state index contributed by atoms with van der Waals surface area (Å²) in [6.07, 6.45) is 6.12. The Morgan fingerprint density at radius 3 is 2.31 bits per heavy atom. The van der Waals surface area contributed by atoms with E-state index in [1.165, 1.54) is 24.0 Å². The Bertz CT molecular complexity index is 1360. The third-order valence-corrected chi connectivity index (χ3v) is 8.89. The van der Waals surface area contributed by atoms with Gasteiger partial charge in [0.15, 0.2) is 11.3 Å². The topological polar surface area (TPSA) is 91.0 Å². The van der Waals surface area contributed by atoms with Crippen LogP contribution in [0.1, 0.15) is 92.0 Å². The monoisotopic (exact) mass is 531 g/mol. The van der Waals surface area contributed by atoms with E-state index >= 15 is 0 Å². The quantitative estimate of drug-likeness (QED) is 0.412. The number of aryl methyl sites for hydroxylation is 2. The van der Waals surface area contributed by atoms with Crippen LogP contribution in [0.25, 0.3) is 5.65 Å². The molecule has 5 rings (SSSR count). The SMILES string of the molecule is Cc1cccc(C)c1N(C)c1cc(C2CCC(C)(C)CC2)nc2cc(C(=O)N3CCC(CC(=O)O)CC3)nn12. The van der Waals surface area contributed by atoms with E-state index in [-0.39, 0.29) is 18.2 Å².